The van der Waals surface area contributed by atoms with E-state index < -0.39 is 0 Å². The van der Waals surface area contributed by atoms with Crippen molar-refractivity contribution in [1.82, 2.24) is 19.9 Å². The molecule has 3 rings (SSSR count). The Kier molecular flexibility index (Phi) is 6.08. The maximum Gasteiger partial charge on any atom is 0.295 e. The summed E-state index contributed by atoms with van der Waals surface area (Å²) in [5.74, 6) is 1.30. The lowest BCUT2D eigenvalue weighted by molar-refractivity contribution is 0.138. The molecule has 25 heavy (non-hydrogen) atoms. The van der Waals surface area contributed by atoms with Gasteiger partial charge in [-0.3, -0.25) is 4.98 Å². The van der Waals surface area contributed by atoms with Gasteiger partial charge in [-0.25, -0.2) is 0 Å². The molecule has 3 aromatic rings. The van der Waals surface area contributed by atoms with Gasteiger partial charge in [0, 0.05) is 13.2 Å². The Balaban J connectivity index is 1.63. The van der Waals surface area contributed by atoms with E-state index in [0.29, 0.717) is 36.1 Å². The molecule has 0 bridgehead atoms. The minimum absolute atomic E-state index is 0.126. The van der Waals surface area contributed by atoms with Gasteiger partial charge in [0.25, 0.3) is 6.01 Å². The lowest BCUT2D eigenvalue weighted by atomic mass is 10.3. The first-order valence-electron chi connectivity index (χ1n) is 8.16. The lowest BCUT2D eigenvalue weighted by Crippen LogP contribution is -2.02. The van der Waals surface area contributed by atoms with Crippen molar-refractivity contribution in [2.75, 3.05) is 25.1 Å². The second-order valence-corrected chi connectivity index (χ2v) is 5.60. The molecule has 2 N–H and O–H groups in total. The molecule has 0 spiro atoms. The molecule has 0 aliphatic rings. The van der Waals surface area contributed by atoms with Gasteiger partial charge in [-0.1, -0.05) is 0 Å². The molecule has 0 aliphatic heterocycles. The number of imidazole rings is 1. The molecule has 0 fully saturated rings. The van der Waals surface area contributed by atoms with Crippen LogP contribution in [-0.4, -0.2) is 39.8 Å². The number of aromatic amines is 1. The number of halogens is 1. The van der Waals surface area contributed by atoms with Gasteiger partial charge in [-0.2, -0.15) is 15.0 Å². The highest BCUT2D eigenvalue weighted by molar-refractivity contribution is 6.28. The van der Waals surface area contributed by atoms with E-state index in [1.165, 1.54) is 0 Å². The van der Waals surface area contributed by atoms with Crippen molar-refractivity contribution < 1.29 is 13.9 Å². The molecular weight excluding hydrogens is 346 g/mol. The highest BCUT2D eigenvalue weighted by Gasteiger charge is 2.13. The maximum atomic E-state index is 5.98. The molecule has 0 aliphatic carbocycles. The van der Waals surface area contributed by atoms with Crippen molar-refractivity contribution in [3.8, 4) is 6.01 Å². The lowest BCUT2D eigenvalue weighted by Gasteiger charge is -2.04. The van der Waals surface area contributed by atoms with Crippen LogP contribution in [0.2, 0.25) is 5.28 Å². The van der Waals surface area contributed by atoms with E-state index in [1.807, 2.05) is 19.1 Å². The van der Waals surface area contributed by atoms with Gasteiger partial charge in [-0.15, -0.1) is 0 Å². The summed E-state index contributed by atoms with van der Waals surface area (Å²) in [5.41, 5.74) is 1.09. The summed E-state index contributed by atoms with van der Waals surface area (Å²) in [6.07, 6.45) is 3.44. The van der Waals surface area contributed by atoms with Gasteiger partial charge in [0.05, 0.1) is 19.4 Å². The van der Waals surface area contributed by atoms with Crippen LogP contribution in [-0.2, 0) is 11.3 Å². The summed E-state index contributed by atoms with van der Waals surface area (Å²) in [6, 6.07) is 4.09. The highest BCUT2D eigenvalue weighted by atomic mass is 35.5. The number of nitrogens with zero attached hydrogens (tertiary/aromatic N) is 3. The zero-order valence-corrected chi connectivity index (χ0v) is 14.7. The van der Waals surface area contributed by atoms with Crippen LogP contribution in [0.15, 0.2) is 22.8 Å². The molecule has 0 saturated heterocycles. The van der Waals surface area contributed by atoms with E-state index in [4.69, 9.17) is 25.5 Å². The Morgan fingerprint density at radius 1 is 1.24 bits per heavy atom. The Morgan fingerprint density at radius 2 is 2.12 bits per heavy atom. The van der Waals surface area contributed by atoms with Crippen molar-refractivity contribution in [2.24, 2.45) is 0 Å². The van der Waals surface area contributed by atoms with Gasteiger partial charge in [-0.05, 0) is 43.5 Å². The number of rotatable bonds is 10. The van der Waals surface area contributed by atoms with Crippen LogP contribution in [0.4, 0.5) is 5.82 Å². The van der Waals surface area contributed by atoms with Gasteiger partial charge < -0.3 is 19.2 Å². The second-order valence-electron chi connectivity index (χ2n) is 5.27. The molecule has 0 amide bonds. The molecule has 0 atom stereocenters. The summed E-state index contributed by atoms with van der Waals surface area (Å²) in [6.45, 7) is 4.47. The number of nitrogens with one attached hydrogen (secondary N) is 2. The maximum absolute atomic E-state index is 5.98. The number of furan rings is 1. The number of H-pyrrole nitrogens is 1. The van der Waals surface area contributed by atoms with E-state index in [-0.39, 0.29) is 5.28 Å². The quantitative estimate of drug-likeness (QED) is 0.419. The number of ether oxygens (including phenoxy) is 2. The molecular formula is C16H20ClN5O3. The number of unbranched alkanes of at least 4 members (excludes halogenated alkanes) is 1. The fourth-order valence-corrected chi connectivity index (χ4v) is 2.42. The summed E-state index contributed by atoms with van der Waals surface area (Å²) in [7, 11) is 0. The van der Waals surface area contributed by atoms with Crippen LogP contribution in [0.3, 0.4) is 0 Å². The third-order valence-electron chi connectivity index (χ3n) is 3.43. The molecule has 0 unspecified atom stereocenters. The molecule has 3 aromatic heterocycles. The Hall–Kier alpha value is -2.32. The summed E-state index contributed by atoms with van der Waals surface area (Å²) < 4.78 is 16.2. The Morgan fingerprint density at radius 3 is 2.92 bits per heavy atom. The third kappa shape index (κ3) is 4.83. The second kappa shape index (κ2) is 8.68. The van der Waals surface area contributed by atoms with Gasteiger partial charge in [0.15, 0.2) is 17.0 Å². The number of anilines is 1. The first-order valence-corrected chi connectivity index (χ1v) is 8.54. The van der Waals surface area contributed by atoms with Gasteiger partial charge >= 0.3 is 0 Å². The highest BCUT2D eigenvalue weighted by Crippen LogP contribution is 2.23. The van der Waals surface area contributed by atoms with Crippen molar-refractivity contribution >= 4 is 28.6 Å². The molecule has 134 valence electrons. The van der Waals surface area contributed by atoms with Crippen molar-refractivity contribution in [3.63, 3.8) is 0 Å². The van der Waals surface area contributed by atoms with Crippen molar-refractivity contribution in [2.45, 2.75) is 26.3 Å². The zero-order valence-electron chi connectivity index (χ0n) is 13.9. The first-order chi connectivity index (χ1) is 12.3. The zero-order chi connectivity index (χ0) is 17.5. The topological polar surface area (TPSA) is 98.1 Å². The summed E-state index contributed by atoms with van der Waals surface area (Å²) in [5, 5.41) is 3.28. The molecule has 3 heterocycles. The van der Waals surface area contributed by atoms with Crippen LogP contribution < -0.4 is 10.1 Å². The SMILES string of the molecule is CCOCCCCOc1nc2c(NCc3ccco3)nc(Cl)nc2[nH]1. The van der Waals surface area contributed by atoms with E-state index in [0.717, 1.165) is 31.8 Å². The van der Waals surface area contributed by atoms with Crippen LogP contribution in [0.25, 0.3) is 11.2 Å². The van der Waals surface area contributed by atoms with E-state index >= 15 is 0 Å². The largest absolute Gasteiger partial charge is 0.467 e. The number of hydrogen-bond donors (Lipinski definition) is 2. The van der Waals surface area contributed by atoms with Crippen LogP contribution in [0.5, 0.6) is 6.01 Å². The summed E-state index contributed by atoms with van der Waals surface area (Å²) in [4.78, 5) is 15.7. The predicted octanol–water partition coefficient (Wildman–Crippen LogP) is 3.41. The molecule has 0 radical (unpaired) electrons. The predicted molar refractivity (Wildman–Crippen MR) is 94.0 cm³/mol. The van der Waals surface area contributed by atoms with E-state index in [9.17, 15) is 0 Å². The monoisotopic (exact) mass is 365 g/mol. The normalized spacial score (nSPS) is 11.1. The minimum atomic E-state index is 0.126. The standard InChI is InChI=1S/C16H20ClN5O3/c1-2-23-7-3-4-8-25-16-19-12-13(18-10-11-6-5-9-24-11)20-15(17)21-14(12)22-16/h5-6,9H,2-4,7-8,10H2,1H3,(H2,18,19,20,21,22). The number of aromatic nitrogens is 4. The summed E-state index contributed by atoms with van der Waals surface area (Å²) >= 11 is 5.98. The Bertz CT molecular complexity index is 791. The van der Waals surface area contributed by atoms with Crippen molar-refractivity contribution in [3.05, 3.63) is 29.4 Å². The molecule has 0 aromatic carbocycles. The van der Waals surface area contributed by atoms with Gasteiger partial charge in [0.1, 0.15) is 5.76 Å². The molecule has 8 nitrogen and oxygen atoms in total. The van der Waals surface area contributed by atoms with Crippen LogP contribution in [0, 0.1) is 0 Å². The smallest absolute Gasteiger partial charge is 0.295 e. The number of fused-ring (bicyclic) bond motifs is 1. The minimum Gasteiger partial charge on any atom is -0.467 e. The average molecular weight is 366 g/mol. The fourth-order valence-electron chi connectivity index (χ4n) is 2.25. The number of hydrogen-bond acceptors (Lipinski definition) is 7. The van der Waals surface area contributed by atoms with E-state index in [2.05, 4.69) is 25.3 Å². The van der Waals surface area contributed by atoms with E-state index in [1.54, 1.807) is 6.26 Å². The van der Waals surface area contributed by atoms with Crippen molar-refractivity contribution in [1.29, 1.82) is 0 Å². The van der Waals surface area contributed by atoms with Crippen LogP contribution >= 0.6 is 11.6 Å². The van der Waals surface area contributed by atoms with Crippen LogP contribution in [0.1, 0.15) is 25.5 Å². The molecule has 9 heteroatoms. The fraction of sp³-hybridized carbons (Fsp3) is 0.438. The third-order valence-corrected chi connectivity index (χ3v) is 3.60. The Labute approximate surface area is 149 Å². The average Bonchev–Trinajstić information content (AvgIpc) is 3.25. The molecule has 0 saturated carbocycles. The first kappa shape index (κ1) is 17.5. The van der Waals surface area contributed by atoms with Gasteiger partial charge in [0.2, 0.25) is 5.28 Å².